The molecule has 0 amide bonds. The van der Waals surface area contributed by atoms with Crippen molar-refractivity contribution in [3.63, 3.8) is 0 Å². The first-order chi connectivity index (χ1) is 6.18. The van der Waals surface area contributed by atoms with Gasteiger partial charge in [-0.15, -0.1) is 0 Å². The van der Waals surface area contributed by atoms with Crippen LogP contribution in [0.2, 0.25) is 0 Å². The molecule has 2 aliphatic rings. The van der Waals surface area contributed by atoms with Crippen LogP contribution in [0.1, 0.15) is 52.4 Å². The van der Waals surface area contributed by atoms with Gasteiger partial charge in [0.2, 0.25) is 0 Å². The lowest BCUT2D eigenvalue weighted by atomic mass is 9.71. The van der Waals surface area contributed by atoms with E-state index >= 15 is 0 Å². The fourth-order valence-electron chi connectivity index (χ4n) is 2.81. The van der Waals surface area contributed by atoms with Crippen LogP contribution < -0.4 is 5.32 Å². The average molecular weight is 181 g/mol. The maximum atomic E-state index is 3.58. The van der Waals surface area contributed by atoms with Crippen LogP contribution in [-0.4, -0.2) is 12.6 Å². The van der Waals surface area contributed by atoms with Gasteiger partial charge >= 0.3 is 0 Å². The molecule has 2 fully saturated rings. The molecule has 0 bridgehead atoms. The predicted molar refractivity (Wildman–Crippen MR) is 56.8 cm³/mol. The summed E-state index contributed by atoms with van der Waals surface area (Å²) in [5.74, 6) is 1.03. The molecule has 1 saturated carbocycles. The van der Waals surface area contributed by atoms with Gasteiger partial charge in [0, 0.05) is 12.6 Å². The van der Waals surface area contributed by atoms with Gasteiger partial charge in [-0.05, 0) is 17.8 Å². The van der Waals surface area contributed by atoms with Gasteiger partial charge in [0.25, 0.3) is 0 Å². The topological polar surface area (TPSA) is 12.0 Å². The van der Waals surface area contributed by atoms with E-state index in [0.29, 0.717) is 5.41 Å². The summed E-state index contributed by atoms with van der Waals surface area (Å²) in [4.78, 5) is 0. The van der Waals surface area contributed by atoms with E-state index in [-0.39, 0.29) is 0 Å². The standard InChI is InChI=1S/C12H23N/c1-12(2)9-13-11(12)8-10-6-4-3-5-7-10/h10-11,13H,3-9H2,1-2H3. The molecule has 1 N–H and O–H groups in total. The van der Waals surface area contributed by atoms with Gasteiger partial charge in [0.15, 0.2) is 0 Å². The lowest BCUT2D eigenvalue weighted by molar-refractivity contribution is 0.0952. The van der Waals surface area contributed by atoms with Crippen molar-refractivity contribution in [3.05, 3.63) is 0 Å². The summed E-state index contributed by atoms with van der Waals surface area (Å²) in [5.41, 5.74) is 0.581. The molecule has 1 unspecified atom stereocenters. The normalized spacial score (nSPS) is 34.2. The molecule has 1 heteroatoms. The van der Waals surface area contributed by atoms with E-state index in [4.69, 9.17) is 0 Å². The second kappa shape index (κ2) is 3.61. The molecule has 1 saturated heterocycles. The second-order valence-electron chi connectivity index (χ2n) is 5.66. The SMILES string of the molecule is CC1(C)CNC1CC1CCCCC1. The van der Waals surface area contributed by atoms with Crippen molar-refractivity contribution in [2.45, 2.75) is 58.4 Å². The fraction of sp³-hybridized carbons (Fsp3) is 1.00. The highest BCUT2D eigenvalue weighted by Gasteiger charge is 2.38. The summed E-state index contributed by atoms with van der Waals surface area (Å²) in [6.45, 7) is 6.03. The molecule has 76 valence electrons. The van der Waals surface area contributed by atoms with E-state index in [1.54, 1.807) is 0 Å². The maximum Gasteiger partial charge on any atom is 0.0133 e. The average Bonchev–Trinajstić information content (AvgIpc) is 2.15. The van der Waals surface area contributed by atoms with Crippen LogP contribution in [0.5, 0.6) is 0 Å². The first-order valence-corrected chi connectivity index (χ1v) is 5.92. The third kappa shape index (κ3) is 2.07. The monoisotopic (exact) mass is 181 g/mol. The van der Waals surface area contributed by atoms with Crippen LogP contribution in [-0.2, 0) is 0 Å². The molecule has 1 aliphatic carbocycles. The highest BCUT2D eigenvalue weighted by Crippen LogP contribution is 2.36. The van der Waals surface area contributed by atoms with Gasteiger partial charge < -0.3 is 5.32 Å². The van der Waals surface area contributed by atoms with Crippen molar-refractivity contribution >= 4 is 0 Å². The molecule has 0 aromatic heterocycles. The minimum atomic E-state index is 0.581. The molecule has 0 aromatic carbocycles. The van der Waals surface area contributed by atoms with Gasteiger partial charge in [-0.2, -0.15) is 0 Å². The van der Waals surface area contributed by atoms with Crippen LogP contribution in [0.3, 0.4) is 0 Å². The first kappa shape index (κ1) is 9.51. The molecule has 1 nitrogen and oxygen atoms in total. The number of nitrogens with one attached hydrogen (secondary N) is 1. The molecule has 0 spiro atoms. The molecule has 2 rings (SSSR count). The molecule has 1 aliphatic heterocycles. The van der Waals surface area contributed by atoms with Crippen molar-refractivity contribution in [1.82, 2.24) is 5.32 Å². The zero-order valence-electron chi connectivity index (χ0n) is 9.10. The van der Waals surface area contributed by atoms with Crippen molar-refractivity contribution < 1.29 is 0 Å². The Bertz CT molecular complexity index is 168. The largest absolute Gasteiger partial charge is 0.313 e. The first-order valence-electron chi connectivity index (χ1n) is 5.92. The van der Waals surface area contributed by atoms with Gasteiger partial charge in [-0.3, -0.25) is 0 Å². The molecule has 1 heterocycles. The Balaban J connectivity index is 1.77. The number of hydrogen-bond donors (Lipinski definition) is 1. The van der Waals surface area contributed by atoms with Crippen molar-refractivity contribution in [1.29, 1.82) is 0 Å². The van der Waals surface area contributed by atoms with Crippen LogP contribution in [0.25, 0.3) is 0 Å². The van der Waals surface area contributed by atoms with E-state index < -0.39 is 0 Å². The molecule has 0 aromatic rings. The van der Waals surface area contributed by atoms with E-state index in [1.165, 1.54) is 45.1 Å². The Kier molecular flexibility index (Phi) is 2.64. The smallest absolute Gasteiger partial charge is 0.0133 e. The fourth-order valence-corrected chi connectivity index (χ4v) is 2.81. The summed E-state index contributed by atoms with van der Waals surface area (Å²) in [7, 11) is 0. The quantitative estimate of drug-likeness (QED) is 0.690. The lowest BCUT2D eigenvalue weighted by Gasteiger charge is -2.47. The summed E-state index contributed by atoms with van der Waals surface area (Å²) in [6, 6.07) is 0.815. The van der Waals surface area contributed by atoms with Gasteiger partial charge in [0.05, 0.1) is 0 Å². The summed E-state index contributed by atoms with van der Waals surface area (Å²) >= 11 is 0. The van der Waals surface area contributed by atoms with Crippen LogP contribution in [0.4, 0.5) is 0 Å². The zero-order chi connectivity index (χ0) is 9.31. The van der Waals surface area contributed by atoms with Crippen LogP contribution in [0.15, 0.2) is 0 Å². The Hall–Kier alpha value is -0.0400. The molecule has 13 heavy (non-hydrogen) atoms. The summed E-state index contributed by atoms with van der Waals surface area (Å²) < 4.78 is 0. The predicted octanol–water partition coefficient (Wildman–Crippen LogP) is 2.95. The number of rotatable bonds is 2. The second-order valence-corrected chi connectivity index (χ2v) is 5.66. The number of hydrogen-bond acceptors (Lipinski definition) is 1. The molecular weight excluding hydrogens is 158 g/mol. The minimum absolute atomic E-state index is 0.581. The van der Waals surface area contributed by atoms with Crippen molar-refractivity contribution in [2.24, 2.45) is 11.3 Å². The molecule has 0 radical (unpaired) electrons. The molecular formula is C12H23N. The molecule has 1 atom stereocenters. The van der Waals surface area contributed by atoms with Crippen LogP contribution in [0, 0.1) is 11.3 Å². The highest BCUT2D eigenvalue weighted by molar-refractivity contribution is 4.96. The summed E-state index contributed by atoms with van der Waals surface area (Å²) in [5, 5.41) is 3.58. The maximum absolute atomic E-state index is 3.58. The zero-order valence-corrected chi connectivity index (χ0v) is 9.10. The minimum Gasteiger partial charge on any atom is -0.313 e. The van der Waals surface area contributed by atoms with E-state index in [2.05, 4.69) is 19.2 Å². The lowest BCUT2D eigenvalue weighted by Crippen LogP contribution is -2.59. The Morgan fingerprint density at radius 2 is 1.85 bits per heavy atom. The Morgan fingerprint density at radius 3 is 2.31 bits per heavy atom. The van der Waals surface area contributed by atoms with Crippen LogP contribution >= 0.6 is 0 Å². The van der Waals surface area contributed by atoms with E-state index in [9.17, 15) is 0 Å². The van der Waals surface area contributed by atoms with E-state index in [1.807, 2.05) is 0 Å². The van der Waals surface area contributed by atoms with Gasteiger partial charge in [-0.1, -0.05) is 46.0 Å². The van der Waals surface area contributed by atoms with Crippen molar-refractivity contribution in [3.8, 4) is 0 Å². The highest BCUT2D eigenvalue weighted by atomic mass is 15.0. The third-order valence-corrected chi connectivity index (χ3v) is 4.04. The Labute approximate surface area is 82.3 Å². The van der Waals surface area contributed by atoms with Gasteiger partial charge in [0.1, 0.15) is 0 Å². The van der Waals surface area contributed by atoms with Crippen molar-refractivity contribution in [2.75, 3.05) is 6.54 Å². The van der Waals surface area contributed by atoms with E-state index in [0.717, 1.165) is 12.0 Å². The van der Waals surface area contributed by atoms with Gasteiger partial charge in [-0.25, -0.2) is 0 Å². The third-order valence-electron chi connectivity index (χ3n) is 4.04. The summed E-state index contributed by atoms with van der Waals surface area (Å²) in [6.07, 6.45) is 8.88. The Morgan fingerprint density at radius 1 is 1.15 bits per heavy atom.